The van der Waals surface area contributed by atoms with E-state index in [-0.39, 0.29) is 5.84 Å². The normalized spacial score (nSPS) is 18.9. The summed E-state index contributed by atoms with van der Waals surface area (Å²) in [5.41, 5.74) is 6.76. The molecule has 1 saturated carbocycles. The number of amidine groups is 1. The van der Waals surface area contributed by atoms with Crippen molar-refractivity contribution in [3.63, 3.8) is 0 Å². The summed E-state index contributed by atoms with van der Waals surface area (Å²) in [5.74, 6) is 0.110. The van der Waals surface area contributed by atoms with Gasteiger partial charge in [-0.25, -0.2) is 0 Å². The van der Waals surface area contributed by atoms with Gasteiger partial charge in [0.2, 0.25) is 0 Å². The molecule has 1 aromatic carbocycles. The van der Waals surface area contributed by atoms with Crippen molar-refractivity contribution in [3.8, 4) is 0 Å². The summed E-state index contributed by atoms with van der Waals surface area (Å²) in [6.07, 6.45) is 5.14. The predicted octanol–water partition coefficient (Wildman–Crippen LogP) is 1.57. The van der Waals surface area contributed by atoms with Crippen LogP contribution in [0.3, 0.4) is 0 Å². The van der Waals surface area contributed by atoms with E-state index in [1.807, 2.05) is 24.3 Å². The molecule has 0 bridgehead atoms. The van der Waals surface area contributed by atoms with Crippen LogP contribution < -0.4 is 11.1 Å². The average Bonchev–Trinajstić information content (AvgIpc) is 2.47. The summed E-state index contributed by atoms with van der Waals surface area (Å²) in [5, 5.41) is 25.5. The van der Waals surface area contributed by atoms with Crippen molar-refractivity contribution in [2.24, 2.45) is 10.9 Å². The zero-order valence-corrected chi connectivity index (χ0v) is 11.7. The van der Waals surface area contributed by atoms with E-state index in [1.54, 1.807) is 0 Å². The van der Waals surface area contributed by atoms with Crippen molar-refractivity contribution in [2.45, 2.75) is 44.2 Å². The fraction of sp³-hybridized carbons (Fsp3) is 0.533. The molecule has 0 amide bonds. The van der Waals surface area contributed by atoms with Gasteiger partial charge in [-0.2, -0.15) is 0 Å². The number of aliphatic hydroxyl groups is 1. The van der Waals surface area contributed by atoms with Crippen molar-refractivity contribution >= 4 is 5.84 Å². The molecule has 0 aromatic heterocycles. The first-order chi connectivity index (χ1) is 9.64. The Hall–Kier alpha value is -1.59. The Morgan fingerprint density at radius 3 is 2.65 bits per heavy atom. The van der Waals surface area contributed by atoms with Crippen LogP contribution in [0.1, 0.15) is 43.2 Å². The SMILES string of the molecule is NC(=NO)c1ccccc1CNCC1(O)CCCCC1. The highest BCUT2D eigenvalue weighted by Crippen LogP contribution is 2.27. The highest BCUT2D eigenvalue weighted by atomic mass is 16.4. The Labute approximate surface area is 119 Å². The minimum absolute atomic E-state index is 0.110. The van der Waals surface area contributed by atoms with Crippen LogP contribution in [-0.4, -0.2) is 28.3 Å². The highest BCUT2D eigenvalue weighted by molar-refractivity contribution is 5.98. The molecule has 1 fully saturated rings. The van der Waals surface area contributed by atoms with Crippen LogP contribution in [0.25, 0.3) is 0 Å². The summed E-state index contributed by atoms with van der Waals surface area (Å²) >= 11 is 0. The Balaban J connectivity index is 1.94. The highest BCUT2D eigenvalue weighted by Gasteiger charge is 2.28. The first kappa shape index (κ1) is 14.8. The van der Waals surface area contributed by atoms with Gasteiger partial charge in [-0.3, -0.25) is 0 Å². The third kappa shape index (κ3) is 3.71. The first-order valence-corrected chi connectivity index (χ1v) is 7.13. The third-order valence-electron chi connectivity index (χ3n) is 3.95. The van der Waals surface area contributed by atoms with Crippen molar-refractivity contribution in [1.82, 2.24) is 5.32 Å². The number of hydrogen-bond acceptors (Lipinski definition) is 4. The minimum atomic E-state index is -0.580. The summed E-state index contributed by atoms with van der Waals surface area (Å²) in [7, 11) is 0. The summed E-state index contributed by atoms with van der Waals surface area (Å²) in [4.78, 5) is 0. The smallest absolute Gasteiger partial charge is 0.170 e. The van der Waals surface area contributed by atoms with Crippen LogP contribution in [0.15, 0.2) is 29.4 Å². The molecular formula is C15H23N3O2. The fourth-order valence-electron chi connectivity index (χ4n) is 2.79. The van der Waals surface area contributed by atoms with Crippen molar-refractivity contribution in [1.29, 1.82) is 0 Å². The molecule has 0 aliphatic heterocycles. The van der Waals surface area contributed by atoms with Gasteiger partial charge in [0, 0.05) is 18.7 Å². The van der Waals surface area contributed by atoms with Crippen LogP contribution in [0.5, 0.6) is 0 Å². The molecule has 5 nitrogen and oxygen atoms in total. The van der Waals surface area contributed by atoms with Crippen LogP contribution in [0.4, 0.5) is 0 Å². The molecule has 1 aromatic rings. The number of benzene rings is 1. The lowest BCUT2D eigenvalue weighted by atomic mass is 9.85. The van der Waals surface area contributed by atoms with Gasteiger partial charge in [0.15, 0.2) is 5.84 Å². The van der Waals surface area contributed by atoms with E-state index in [1.165, 1.54) is 6.42 Å². The quantitative estimate of drug-likeness (QED) is 0.284. The molecule has 0 unspecified atom stereocenters. The molecule has 0 heterocycles. The monoisotopic (exact) mass is 277 g/mol. The summed E-state index contributed by atoms with van der Waals surface area (Å²) in [6, 6.07) is 7.53. The summed E-state index contributed by atoms with van der Waals surface area (Å²) < 4.78 is 0. The van der Waals surface area contributed by atoms with Gasteiger partial charge in [-0.1, -0.05) is 48.7 Å². The van der Waals surface area contributed by atoms with E-state index in [2.05, 4.69) is 10.5 Å². The molecular weight excluding hydrogens is 254 g/mol. The van der Waals surface area contributed by atoms with E-state index < -0.39 is 5.60 Å². The van der Waals surface area contributed by atoms with E-state index in [0.29, 0.717) is 13.1 Å². The lowest BCUT2D eigenvalue weighted by molar-refractivity contribution is 0.00467. The zero-order chi connectivity index (χ0) is 14.4. The van der Waals surface area contributed by atoms with Gasteiger partial charge in [-0.05, 0) is 18.4 Å². The predicted molar refractivity (Wildman–Crippen MR) is 78.7 cm³/mol. The van der Waals surface area contributed by atoms with Crippen molar-refractivity contribution < 1.29 is 10.3 Å². The van der Waals surface area contributed by atoms with Gasteiger partial charge in [0.1, 0.15) is 0 Å². The number of nitrogens with zero attached hydrogens (tertiary/aromatic N) is 1. The molecule has 0 radical (unpaired) electrons. The lowest BCUT2D eigenvalue weighted by Gasteiger charge is -2.32. The number of nitrogens with one attached hydrogen (secondary N) is 1. The van der Waals surface area contributed by atoms with E-state index in [4.69, 9.17) is 10.9 Å². The molecule has 1 aliphatic rings. The number of hydrogen-bond donors (Lipinski definition) is 4. The molecule has 20 heavy (non-hydrogen) atoms. The van der Waals surface area contributed by atoms with Crippen LogP contribution in [0.2, 0.25) is 0 Å². The molecule has 2 rings (SSSR count). The second-order valence-corrected chi connectivity index (χ2v) is 5.53. The van der Waals surface area contributed by atoms with Gasteiger partial charge < -0.3 is 21.4 Å². The Morgan fingerprint density at radius 1 is 1.25 bits per heavy atom. The Morgan fingerprint density at radius 2 is 1.95 bits per heavy atom. The second kappa shape index (κ2) is 6.72. The number of oxime groups is 1. The van der Waals surface area contributed by atoms with Gasteiger partial charge in [-0.15, -0.1) is 0 Å². The molecule has 5 heteroatoms. The maximum atomic E-state index is 10.4. The fourth-order valence-corrected chi connectivity index (χ4v) is 2.79. The molecule has 0 saturated heterocycles. The second-order valence-electron chi connectivity index (χ2n) is 5.53. The van der Waals surface area contributed by atoms with Crippen LogP contribution in [-0.2, 0) is 6.54 Å². The zero-order valence-electron chi connectivity index (χ0n) is 11.7. The Bertz CT molecular complexity index is 468. The number of rotatable bonds is 5. The minimum Gasteiger partial charge on any atom is -0.409 e. The van der Waals surface area contributed by atoms with E-state index in [9.17, 15) is 5.11 Å². The first-order valence-electron chi connectivity index (χ1n) is 7.13. The maximum absolute atomic E-state index is 10.4. The molecule has 110 valence electrons. The number of nitrogens with two attached hydrogens (primary N) is 1. The molecule has 0 atom stereocenters. The molecule has 1 aliphatic carbocycles. The topological polar surface area (TPSA) is 90.9 Å². The Kier molecular flexibility index (Phi) is 4.98. The third-order valence-corrected chi connectivity index (χ3v) is 3.95. The van der Waals surface area contributed by atoms with Crippen LogP contribution in [0, 0.1) is 0 Å². The van der Waals surface area contributed by atoms with Crippen LogP contribution >= 0.6 is 0 Å². The molecule has 5 N–H and O–H groups in total. The van der Waals surface area contributed by atoms with Gasteiger partial charge in [0.25, 0.3) is 0 Å². The van der Waals surface area contributed by atoms with Crippen molar-refractivity contribution in [2.75, 3.05) is 6.54 Å². The average molecular weight is 277 g/mol. The largest absolute Gasteiger partial charge is 0.409 e. The van der Waals surface area contributed by atoms with E-state index in [0.717, 1.165) is 36.8 Å². The standard InChI is InChI=1S/C15H23N3O2/c16-14(18-20)13-7-3-2-6-12(13)10-17-11-15(19)8-4-1-5-9-15/h2-3,6-7,17,19-20H,1,4-5,8-11H2,(H2,16,18). The maximum Gasteiger partial charge on any atom is 0.170 e. The van der Waals surface area contributed by atoms with Gasteiger partial charge in [0.05, 0.1) is 5.60 Å². The van der Waals surface area contributed by atoms with E-state index >= 15 is 0 Å². The molecule has 0 spiro atoms. The lowest BCUT2D eigenvalue weighted by Crippen LogP contribution is -2.42. The van der Waals surface area contributed by atoms with Crippen molar-refractivity contribution in [3.05, 3.63) is 35.4 Å². The van der Waals surface area contributed by atoms with Gasteiger partial charge >= 0.3 is 0 Å². The summed E-state index contributed by atoms with van der Waals surface area (Å²) in [6.45, 7) is 1.17.